The van der Waals surface area contributed by atoms with Crippen LogP contribution < -0.4 is 4.74 Å². The summed E-state index contributed by atoms with van der Waals surface area (Å²) in [7, 11) is 0. The largest absolute Gasteiger partial charge is 0.437 e. The summed E-state index contributed by atoms with van der Waals surface area (Å²) in [6.45, 7) is 4.87. The molecule has 0 aliphatic carbocycles. The number of aliphatic hydroxyl groups is 1. The van der Waals surface area contributed by atoms with Gasteiger partial charge in [0, 0.05) is 31.4 Å². The van der Waals surface area contributed by atoms with Crippen LogP contribution in [-0.4, -0.2) is 46.2 Å². The molecular weight excluding hydrogens is 290 g/mol. The lowest BCUT2D eigenvalue weighted by Crippen LogP contribution is -2.36. The van der Waals surface area contributed by atoms with Crippen LogP contribution >= 0.6 is 0 Å². The van der Waals surface area contributed by atoms with Crippen molar-refractivity contribution >= 4 is 0 Å². The van der Waals surface area contributed by atoms with Crippen LogP contribution in [-0.2, 0) is 0 Å². The second kappa shape index (κ2) is 7.53. The normalized spacial score (nSPS) is 18.8. The molecule has 0 saturated carbocycles. The number of aromatic nitrogens is 2. The van der Waals surface area contributed by atoms with Crippen molar-refractivity contribution in [3.8, 4) is 11.6 Å². The fourth-order valence-electron chi connectivity index (χ4n) is 3.11. The molecule has 0 amide bonds. The quantitative estimate of drug-likeness (QED) is 0.920. The molecule has 122 valence electrons. The van der Waals surface area contributed by atoms with Crippen molar-refractivity contribution in [1.29, 1.82) is 0 Å². The molecule has 2 aromatic rings. The zero-order valence-corrected chi connectivity index (χ0v) is 13.5. The first-order valence-electron chi connectivity index (χ1n) is 8.15. The number of hydrogen-bond acceptors (Lipinski definition) is 5. The standard InChI is InChI=1S/C18H23N3O2/c1-14-4-2-6-16(12-14)23-18-17(19-7-8-20-18)15-5-3-9-21(13-15)10-11-22/h2,4,6-8,12,15,22H,3,5,9-11,13H2,1H3/t15-/m1/s1. The van der Waals surface area contributed by atoms with E-state index >= 15 is 0 Å². The van der Waals surface area contributed by atoms with Crippen molar-refractivity contribution in [2.24, 2.45) is 0 Å². The molecule has 2 heterocycles. The van der Waals surface area contributed by atoms with Crippen molar-refractivity contribution in [3.05, 3.63) is 47.9 Å². The Bertz CT molecular complexity index is 646. The Kier molecular flexibility index (Phi) is 5.20. The summed E-state index contributed by atoms with van der Waals surface area (Å²) < 4.78 is 6.00. The number of β-amino-alcohol motifs (C(OH)–C–C–N with tert-alkyl or cyclic N) is 1. The zero-order chi connectivity index (χ0) is 16.1. The van der Waals surface area contributed by atoms with Crippen molar-refractivity contribution in [2.75, 3.05) is 26.2 Å². The summed E-state index contributed by atoms with van der Waals surface area (Å²) in [5.74, 6) is 1.67. The van der Waals surface area contributed by atoms with Crippen LogP contribution in [0.15, 0.2) is 36.7 Å². The van der Waals surface area contributed by atoms with Crippen LogP contribution in [0.25, 0.3) is 0 Å². The summed E-state index contributed by atoms with van der Waals surface area (Å²) in [6, 6.07) is 7.95. The highest BCUT2D eigenvalue weighted by molar-refractivity contribution is 5.33. The molecule has 0 bridgehead atoms. The Balaban J connectivity index is 1.80. The van der Waals surface area contributed by atoms with Crippen LogP contribution in [0.1, 0.15) is 30.0 Å². The van der Waals surface area contributed by atoms with Crippen LogP contribution in [0.5, 0.6) is 11.6 Å². The van der Waals surface area contributed by atoms with E-state index in [4.69, 9.17) is 9.84 Å². The minimum atomic E-state index is 0.194. The van der Waals surface area contributed by atoms with E-state index in [1.54, 1.807) is 12.4 Å². The highest BCUT2D eigenvalue weighted by Gasteiger charge is 2.25. The third-order valence-electron chi connectivity index (χ3n) is 4.20. The Morgan fingerprint density at radius 1 is 1.30 bits per heavy atom. The van der Waals surface area contributed by atoms with Gasteiger partial charge in [-0.15, -0.1) is 0 Å². The van der Waals surface area contributed by atoms with Gasteiger partial charge in [-0.2, -0.15) is 0 Å². The molecular formula is C18H23N3O2. The number of nitrogens with zero attached hydrogens (tertiary/aromatic N) is 3. The van der Waals surface area contributed by atoms with Crippen LogP contribution in [0, 0.1) is 6.92 Å². The molecule has 3 rings (SSSR count). The fourth-order valence-corrected chi connectivity index (χ4v) is 3.11. The SMILES string of the molecule is Cc1cccc(Oc2nccnc2[C@@H]2CCCN(CCO)C2)c1. The molecule has 23 heavy (non-hydrogen) atoms. The molecule has 1 aromatic heterocycles. The molecule has 1 fully saturated rings. The molecule has 0 unspecified atom stereocenters. The smallest absolute Gasteiger partial charge is 0.241 e. The summed E-state index contributed by atoms with van der Waals surface area (Å²) >= 11 is 0. The van der Waals surface area contributed by atoms with Gasteiger partial charge in [0.25, 0.3) is 0 Å². The van der Waals surface area contributed by atoms with Gasteiger partial charge in [-0.05, 0) is 44.0 Å². The Morgan fingerprint density at radius 2 is 2.17 bits per heavy atom. The fraction of sp³-hybridized carbons (Fsp3) is 0.444. The van der Waals surface area contributed by atoms with Gasteiger partial charge in [-0.3, -0.25) is 4.98 Å². The third-order valence-corrected chi connectivity index (χ3v) is 4.20. The van der Waals surface area contributed by atoms with Gasteiger partial charge in [0.1, 0.15) is 11.4 Å². The summed E-state index contributed by atoms with van der Waals surface area (Å²) in [5.41, 5.74) is 2.07. The van der Waals surface area contributed by atoms with Gasteiger partial charge in [0.15, 0.2) is 0 Å². The van der Waals surface area contributed by atoms with Gasteiger partial charge < -0.3 is 14.7 Å². The first-order chi connectivity index (χ1) is 11.3. The predicted molar refractivity (Wildman–Crippen MR) is 88.8 cm³/mol. The lowest BCUT2D eigenvalue weighted by molar-refractivity contribution is 0.159. The number of likely N-dealkylation sites (tertiary alicyclic amines) is 1. The molecule has 0 spiro atoms. The first-order valence-corrected chi connectivity index (χ1v) is 8.15. The summed E-state index contributed by atoms with van der Waals surface area (Å²) in [6.07, 6.45) is 5.57. The van der Waals surface area contributed by atoms with Gasteiger partial charge >= 0.3 is 0 Å². The Hall–Kier alpha value is -1.98. The van der Waals surface area contributed by atoms with E-state index in [9.17, 15) is 0 Å². The summed E-state index contributed by atoms with van der Waals surface area (Å²) in [5, 5.41) is 9.16. The van der Waals surface area contributed by atoms with Crippen LogP contribution in [0.2, 0.25) is 0 Å². The highest BCUT2D eigenvalue weighted by Crippen LogP contribution is 2.32. The van der Waals surface area contributed by atoms with E-state index in [1.165, 1.54) is 0 Å². The van der Waals surface area contributed by atoms with Crippen molar-refractivity contribution < 1.29 is 9.84 Å². The molecule has 1 aromatic carbocycles. The minimum Gasteiger partial charge on any atom is -0.437 e. The second-order valence-electron chi connectivity index (χ2n) is 6.03. The van der Waals surface area contributed by atoms with E-state index in [0.29, 0.717) is 18.3 Å². The van der Waals surface area contributed by atoms with Crippen molar-refractivity contribution in [1.82, 2.24) is 14.9 Å². The second-order valence-corrected chi connectivity index (χ2v) is 6.03. The van der Waals surface area contributed by atoms with Gasteiger partial charge in [0.05, 0.1) is 6.61 Å². The monoisotopic (exact) mass is 313 g/mol. The van der Waals surface area contributed by atoms with Crippen molar-refractivity contribution in [2.45, 2.75) is 25.7 Å². The molecule has 1 aliphatic heterocycles. The predicted octanol–water partition coefficient (Wildman–Crippen LogP) is 2.75. The average molecular weight is 313 g/mol. The lowest BCUT2D eigenvalue weighted by Gasteiger charge is -2.32. The first kappa shape index (κ1) is 15.9. The number of ether oxygens (including phenoxy) is 1. The third kappa shape index (κ3) is 4.06. The topological polar surface area (TPSA) is 58.5 Å². The maximum absolute atomic E-state index is 9.16. The van der Waals surface area contributed by atoms with E-state index in [1.807, 2.05) is 31.2 Å². The van der Waals surface area contributed by atoms with E-state index in [-0.39, 0.29) is 6.61 Å². The Labute approximate surface area is 137 Å². The number of piperidine rings is 1. The zero-order valence-electron chi connectivity index (χ0n) is 13.5. The maximum atomic E-state index is 9.16. The summed E-state index contributed by atoms with van der Waals surface area (Å²) in [4.78, 5) is 11.2. The van der Waals surface area contributed by atoms with E-state index in [2.05, 4.69) is 14.9 Å². The molecule has 5 nitrogen and oxygen atoms in total. The van der Waals surface area contributed by atoms with Crippen LogP contribution in [0.4, 0.5) is 0 Å². The number of benzene rings is 1. The number of aryl methyl sites for hydroxylation is 1. The van der Waals surface area contributed by atoms with Gasteiger partial charge in [-0.25, -0.2) is 4.98 Å². The maximum Gasteiger partial charge on any atom is 0.241 e. The highest BCUT2D eigenvalue weighted by atomic mass is 16.5. The van der Waals surface area contributed by atoms with E-state index in [0.717, 1.165) is 42.9 Å². The van der Waals surface area contributed by atoms with Gasteiger partial charge in [0.2, 0.25) is 5.88 Å². The minimum absolute atomic E-state index is 0.194. The lowest BCUT2D eigenvalue weighted by atomic mass is 9.94. The van der Waals surface area contributed by atoms with Crippen molar-refractivity contribution in [3.63, 3.8) is 0 Å². The Morgan fingerprint density at radius 3 is 3.00 bits per heavy atom. The molecule has 1 atom stereocenters. The molecule has 1 saturated heterocycles. The van der Waals surface area contributed by atoms with Gasteiger partial charge in [-0.1, -0.05) is 12.1 Å². The molecule has 0 radical (unpaired) electrons. The number of hydrogen-bond donors (Lipinski definition) is 1. The molecule has 1 N–H and O–H groups in total. The van der Waals surface area contributed by atoms with E-state index < -0.39 is 0 Å². The van der Waals surface area contributed by atoms with Crippen LogP contribution in [0.3, 0.4) is 0 Å². The number of rotatable bonds is 5. The molecule has 5 heteroatoms. The molecule has 1 aliphatic rings. The number of aliphatic hydroxyl groups excluding tert-OH is 1. The average Bonchev–Trinajstić information content (AvgIpc) is 2.56.